The maximum absolute atomic E-state index is 10.4. The molecule has 0 spiro atoms. The van der Waals surface area contributed by atoms with Crippen molar-refractivity contribution in [1.29, 1.82) is 0 Å². The summed E-state index contributed by atoms with van der Waals surface area (Å²) in [5.41, 5.74) is 0. The van der Waals surface area contributed by atoms with E-state index in [-0.39, 0.29) is 6.33 Å². The fraction of sp³-hybridized carbons (Fsp3) is 0. The average molecular weight is 58.1 g/mol. The van der Waals surface area contributed by atoms with Crippen LogP contribution in [0.5, 0.6) is 0 Å². The molecule has 2 radical (unpaired) electrons. The zero-order valence-electron chi connectivity index (χ0n) is 2.11. The molecule has 0 rings (SSSR count). The second-order valence-electron chi connectivity index (χ2n) is 0.318. The quantitative estimate of drug-likeness (QED) is 0.392. The lowest BCUT2D eigenvalue weighted by molar-refractivity contribution is 0.721. The molecule has 0 saturated heterocycles. The number of rotatable bonds is 0. The molecule has 4 heavy (non-hydrogen) atoms. The summed E-state index contributed by atoms with van der Waals surface area (Å²) in [6.07, 6.45) is 1.11. The summed E-state index contributed by atoms with van der Waals surface area (Å²) >= 11 is 0. The van der Waals surface area contributed by atoms with Gasteiger partial charge in [0.05, 0.1) is 6.33 Å². The van der Waals surface area contributed by atoms with E-state index in [0.29, 0.717) is 0 Å². The Morgan fingerprint density at radius 1 is 1.75 bits per heavy atom. The van der Waals surface area contributed by atoms with Crippen molar-refractivity contribution in [2.45, 2.75) is 0 Å². The Hall–Kier alpha value is -0.330. The first-order valence-corrected chi connectivity index (χ1v) is 0.885. The molecule has 0 aliphatic heterocycles. The van der Waals surface area contributed by atoms with Crippen LogP contribution in [-0.2, 0) is 0 Å². The summed E-state index contributed by atoms with van der Waals surface area (Å²) in [7, 11) is 0. The maximum Gasteiger partial charge on any atom is 0.0830 e. The van der Waals surface area contributed by atoms with Gasteiger partial charge in [0.2, 0.25) is 0 Å². The van der Waals surface area contributed by atoms with Crippen molar-refractivity contribution in [3.05, 3.63) is 19.3 Å². The van der Waals surface area contributed by atoms with Crippen LogP contribution in [-0.4, -0.2) is 0 Å². The Balaban J connectivity index is 2.55. The maximum atomic E-state index is 10.4. The summed E-state index contributed by atoms with van der Waals surface area (Å²) in [5.74, 6) is 0. The molecule has 0 heterocycles. The minimum Gasteiger partial charge on any atom is -0.216 e. The van der Waals surface area contributed by atoms with Gasteiger partial charge in [-0.25, -0.2) is 4.39 Å². The largest absolute Gasteiger partial charge is 0.216 e. The molecule has 0 nitrogen and oxygen atoms in total. The molecule has 0 unspecified atom stereocenters. The van der Waals surface area contributed by atoms with Crippen LogP contribution in [0.15, 0.2) is 12.4 Å². The van der Waals surface area contributed by atoms with Crippen LogP contribution in [0, 0.1) is 6.92 Å². The van der Waals surface area contributed by atoms with Crippen LogP contribution in [0.4, 0.5) is 4.39 Å². The molecule has 22 valence electrons. The van der Waals surface area contributed by atoms with Crippen LogP contribution in [0.3, 0.4) is 0 Å². The van der Waals surface area contributed by atoms with Crippen molar-refractivity contribution < 1.29 is 4.39 Å². The van der Waals surface area contributed by atoms with E-state index >= 15 is 0 Å². The monoisotopic (exact) mass is 58.0 g/mol. The molecule has 0 aromatic heterocycles. The first-order chi connectivity index (χ1) is 1.91. The molecule has 0 aliphatic rings. The smallest absolute Gasteiger partial charge is 0.0830 e. The van der Waals surface area contributed by atoms with E-state index in [9.17, 15) is 4.39 Å². The lowest BCUT2D eigenvalue weighted by atomic mass is 10.8. The second-order valence-corrected chi connectivity index (χ2v) is 0.318. The number of allylic oxidation sites excluding steroid dienone is 1. The predicted molar refractivity (Wildman–Crippen MR) is 14.5 cm³/mol. The van der Waals surface area contributed by atoms with E-state index in [1.165, 1.54) is 0 Å². The average Bonchev–Trinajstić information content (AvgIpc) is 1.37. The van der Waals surface area contributed by atoms with Crippen molar-refractivity contribution in [1.82, 2.24) is 0 Å². The highest BCUT2D eigenvalue weighted by Gasteiger charge is 1.39. The van der Waals surface area contributed by atoms with Crippen LogP contribution in [0.2, 0.25) is 0 Å². The highest BCUT2D eigenvalue weighted by Crippen LogP contribution is 1.61. The van der Waals surface area contributed by atoms with Crippen LogP contribution >= 0.6 is 0 Å². The zero-order valence-corrected chi connectivity index (χ0v) is 2.11. The summed E-state index contributed by atoms with van der Waals surface area (Å²) < 4.78 is 10.4. The topological polar surface area (TPSA) is 0 Å². The Bertz CT molecular complexity index is 18.5. The first kappa shape index (κ1) is 3.67. The minimum absolute atomic E-state index is 0.278. The zero-order chi connectivity index (χ0) is 3.41. The van der Waals surface area contributed by atoms with E-state index in [2.05, 4.69) is 6.92 Å². The van der Waals surface area contributed by atoms with Gasteiger partial charge in [0.1, 0.15) is 0 Å². The van der Waals surface area contributed by atoms with Crippen molar-refractivity contribution in [3.8, 4) is 0 Å². The lowest BCUT2D eigenvalue weighted by Crippen LogP contribution is -1.24. The molecule has 0 aromatic carbocycles. The normalized spacial score (nSPS) is 9.50. The third kappa shape index (κ3) is 1.67. The molecule has 0 bridgehead atoms. The van der Waals surface area contributed by atoms with E-state index in [1.54, 1.807) is 0 Å². The number of hydrogen-bond acceptors (Lipinski definition) is 0. The number of halogens is 1. The third-order valence-electron chi connectivity index (χ3n) is 0.0727. The molecule has 1 heteroatoms. The number of hydrogen-bond donors (Lipinski definition) is 0. The van der Waals surface area contributed by atoms with Gasteiger partial charge >= 0.3 is 0 Å². The Kier molecular flexibility index (Phi) is 2.45. The summed E-state index contributed by atoms with van der Waals surface area (Å²) in [4.78, 5) is 0. The van der Waals surface area contributed by atoms with Crippen LogP contribution in [0.1, 0.15) is 0 Å². The van der Waals surface area contributed by atoms with Crippen LogP contribution < -0.4 is 0 Å². The van der Waals surface area contributed by atoms with Gasteiger partial charge < -0.3 is 0 Å². The van der Waals surface area contributed by atoms with Crippen molar-refractivity contribution >= 4 is 0 Å². The van der Waals surface area contributed by atoms with E-state index in [4.69, 9.17) is 0 Å². The highest BCUT2D eigenvalue weighted by molar-refractivity contribution is 4.72. The van der Waals surface area contributed by atoms with Gasteiger partial charge in [-0.3, -0.25) is 0 Å². The predicted octanol–water partition coefficient (Wildman–Crippen LogP) is 1.18. The first-order valence-electron chi connectivity index (χ1n) is 0.885. The van der Waals surface area contributed by atoms with Gasteiger partial charge in [-0.05, 0) is 6.92 Å². The van der Waals surface area contributed by atoms with Gasteiger partial charge in [0, 0.05) is 0 Å². The molecule has 0 fully saturated rings. The van der Waals surface area contributed by atoms with Gasteiger partial charge in [-0.2, -0.15) is 0 Å². The molecular formula is C3H3F. The third-order valence-corrected chi connectivity index (χ3v) is 0.0727. The summed E-state index contributed by atoms with van der Waals surface area (Å²) in [6.45, 7) is 4.47. The lowest BCUT2D eigenvalue weighted by Gasteiger charge is -1.45. The SMILES string of the molecule is [CH]C=CF. The van der Waals surface area contributed by atoms with Gasteiger partial charge in [-0.15, -0.1) is 0 Å². The van der Waals surface area contributed by atoms with E-state index in [0.717, 1.165) is 6.08 Å². The second kappa shape index (κ2) is 2.67. The molecular weight excluding hydrogens is 55.0 g/mol. The Labute approximate surface area is 24.9 Å². The van der Waals surface area contributed by atoms with Crippen molar-refractivity contribution in [2.75, 3.05) is 0 Å². The Morgan fingerprint density at radius 2 is 2.00 bits per heavy atom. The Morgan fingerprint density at radius 3 is 2.00 bits per heavy atom. The van der Waals surface area contributed by atoms with Crippen LogP contribution in [0.25, 0.3) is 0 Å². The van der Waals surface area contributed by atoms with Crippen molar-refractivity contribution in [3.63, 3.8) is 0 Å². The molecule has 0 aromatic rings. The van der Waals surface area contributed by atoms with E-state index < -0.39 is 0 Å². The molecule has 0 amide bonds. The minimum atomic E-state index is 0.278. The molecule has 0 N–H and O–H groups in total. The van der Waals surface area contributed by atoms with E-state index in [1.807, 2.05) is 0 Å². The standard InChI is InChI=1S/C3H3F/c1-2-3-4/h1-3H. The van der Waals surface area contributed by atoms with Gasteiger partial charge in [0.25, 0.3) is 0 Å². The van der Waals surface area contributed by atoms with Gasteiger partial charge in [0.15, 0.2) is 0 Å². The molecule has 0 atom stereocenters. The highest BCUT2D eigenvalue weighted by atomic mass is 19.1. The molecule has 0 aliphatic carbocycles. The fourth-order valence-corrected chi connectivity index (χ4v) is 0. The summed E-state index contributed by atoms with van der Waals surface area (Å²) in [5, 5.41) is 0. The summed E-state index contributed by atoms with van der Waals surface area (Å²) in [6, 6.07) is 0. The van der Waals surface area contributed by atoms with Gasteiger partial charge in [-0.1, -0.05) is 6.08 Å². The van der Waals surface area contributed by atoms with Crippen molar-refractivity contribution in [2.24, 2.45) is 0 Å². The molecule has 0 saturated carbocycles. The fourth-order valence-electron chi connectivity index (χ4n) is 0.